The largest absolute Gasteiger partial charge is 0.456 e. The molecule has 0 fully saturated rings. The standard InChI is InChI=1S/C86H48N2O4S2/c1-3-17-49(18-4-1)57-37-39-79-81(63-23-9-13-31-77(63)93-79)83(57)87(69-27-15-25-61-59-21-7-11-29-71(59)91-85(61)69)55-35-33-51-43-65-67-47-68-66-44-52-34-36-56(42-54(52)46-74(66)90-76(68)48-75(67)89-73(65)45-53(51)41-55)88(70-28-16-26-62-60-22-8-12-30-72(60)92-86(62)70)84-58(50-19-5-2-6-20-50)38-40-80-82(84)64-24-10-14-32-78(64)94-80/h1-48H. The molecule has 0 saturated heterocycles. The fourth-order valence-electron chi connectivity index (χ4n) is 15.1. The molecule has 0 aliphatic rings. The maximum Gasteiger partial charge on any atom is 0.159 e. The Morgan fingerprint density at radius 3 is 1.12 bits per heavy atom. The van der Waals surface area contributed by atoms with Crippen LogP contribution < -0.4 is 9.80 Å². The van der Waals surface area contributed by atoms with Gasteiger partial charge in [0, 0.05) is 112 Å². The van der Waals surface area contributed by atoms with Gasteiger partial charge in [0.25, 0.3) is 0 Å². The Labute approximate surface area is 543 Å². The maximum atomic E-state index is 6.94. The highest BCUT2D eigenvalue weighted by Gasteiger charge is 2.29. The van der Waals surface area contributed by atoms with Crippen molar-refractivity contribution in [1.82, 2.24) is 0 Å². The molecule has 21 aromatic rings. The van der Waals surface area contributed by atoms with Gasteiger partial charge in [-0.05, 0) is 136 Å². The van der Waals surface area contributed by atoms with Gasteiger partial charge in [0.15, 0.2) is 11.2 Å². The molecular weight excluding hydrogens is 1190 g/mol. The minimum atomic E-state index is 0.769. The van der Waals surface area contributed by atoms with E-state index in [9.17, 15) is 0 Å². The van der Waals surface area contributed by atoms with Crippen LogP contribution in [0.5, 0.6) is 0 Å². The zero-order valence-corrected chi connectivity index (χ0v) is 51.7. The Morgan fingerprint density at radius 2 is 0.638 bits per heavy atom. The number of hydrogen-bond acceptors (Lipinski definition) is 8. The summed E-state index contributed by atoms with van der Waals surface area (Å²) in [6.45, 7) is 0. The second-order valence-corrected chi connectivity index (χ2v) is 26.7. The number of hydrogen-bond donors (Lipinski definition) is 0. The topological polar surface area (TPSA) is 59.0 Å². The quantitative estimate of drug-likeness (QED) is 0.151. The molecular formula is C86H48N2O4S2. The molecule has 438 valence electrons. The van der Waals surface area contributed by atoms with E-state index >= 15 is 0 Å². The van der Waals surface area contributed by atoms with Gasteiger partial charge < -0.3 is 27.5 Å². The highest BCUT2D eigenvalue weighted by Crippen LogP contribution is 2.55. The van der Waals surface area contributed by atoms with E-state index in [2.05, 4.69) is 289 Å². The lowest BCUT2D eigenvalue weighted by atomic mass is 9.97. The molecule has 0 amide bonds. The second-order valence-electron chi connectivity index (χ2n) is 24.6. The van der Waals surface area contributed by atoms with E-state index in [0.717, 1.165) is 166 Å². The molecule has 0 atom stereocenters. The number of nitrogens with zero attached hydrogens (tertiary/aromatic N) is 2. The summed E-state index contributed by atoms with van der Waals surface area (Å²) < 4.78 is 32.6. The van der Waals surface area contributed by atoms with Crippen molar-refractivity contribution in [1.29, 1.82) is 0 Å². The van der Waals surface area contributed by atoms with E-state index in [-0.39, 0.29) is 0 Å². The molecule has 15 aromatic carbocycles. The average Bonchev–Trinajstić information content (AvgIpc) is 1.46. The van der Waals surface area contributed by atoms with Gasteiger partial charge in [-0.25, -0.2) is 0 Å². The van der Waals surface area contributed by atoms with E-state index in [4.69, 9.17) is 17.7 Å². The summed E-state index contributed by atoms with van der Waals surface area (Å²) in [5.41, 5.74) is 17.1. The van der Waals surface area contributed by atoms with Crippen LogP contribution in [-0.4, -0.2) is 0 Å². The van der Waals surface area contributed by atoms with Crippen LogP contribution in [0.3, 0.4) is 0 Å². The Kier molecular flexibility index (Phi) is 10.9. The average molecular weight is 1240 g/mol. The van der Waals surface area contributed by atoms with Gasteiger partial charge in [-0.3, -0.25) is 0 Å². The number of thiophene rings is 2. The fourth-order valence-corrected chi connectivity index (χ4v) is 17.4. The lowest BCUT2D eigenvalue weighted by Crippen LogP contribution is -2.12. The fraction of sp³-hybridized carbons (Fsp3) is 0. The number of para-hydroxylation sites is 4. The molecule has 94 heavy (non-hydrogen) atoms. The first-order chi connectivity index (χ1) is 46.6. The molecule has 0 saturated carbocycles. The van der Waals surface area contributed by atoms with E-state index in [1.54, 1.807) is 0 Å². The first-order valence-corrected chi connectivity index (χ1v) is 33.3. The van der Waals surface area contributed by atoms with Crippen LogP contribution in [0.15, 0.2) is 309 Å². The minimum absolute atomic E-state index is 0.769. The first kappa shape index (κ1) is 51.8. The molecule has 0 bridgehead atoms. The van der Waals surface area contributed by atoms with Gasteiger partial charge in [-0.1, -0.05) is 182 Å². The molecule has 0 aliphatic heterocycles. The number of rotatable bonds is 8. The molecule has 6 aromatic heterocycles. The number of anilines is 6. The molecule has 6 nitrogen and oxygen atoms in total. The van der Waals surface area contributed by atoms with Crippen molar-refractivity contribution in [2.24, 2.45) is 0 Å². The summed E-state index contributed by atoms with van der Waals surface area (Å²) in [5, 5.41) is 17.6. The van der Waals surface area contributed by atoms with Gasteiger partial charge in [-0.15, -0.1) is 22.7 Å². The summed E-state index contributed by atoms with van der Waals surface area (Å²) in [7, 11) is 0. The van der Waals surface area contributed by atoms with Gasteiger partial charge >= 0.3 is 0 Å². The van der Waals surface area contributed by atoms with Gasteiger partial charge in [0.1, 0.15) is 33.5 Å². The lowest BCUT2D eigenvalue weighted by molar-refractivity contribution is 0.656. The zero-order valence-electron chi connectivity index (χ0n) is 50.1. The number of fused-ring (bicyclic) bond motifs is 20. The Hall–Kier alpha value is -11.9. The third kappa shape index (κ3) is 7.63. The van der Waals surface area contributed by atoms with Crippen molar-refractivity contribution in [3.63, 3.8) is 0 Å². The van der Waals surface area contributed by atoms with Crippen LogP contribution >= 0.6 is 22.7 Å². The van der Waals surface area contributed by atoms with E-state index in [1.807, 2.05) is 34.8 Å². The summed E-state index contributed by atoms with van der Waals surface area (Å²) in [6, 6.07) is 105. The summed E-state index contributed by atoms with van der Waals surface area (Å²) in [4.78, 5) is 4.88. The number of benzene rings is 15. The van der Waals surface area contributed by atoms with Crippen molar-refractivity contribution < 1.29 is 17.7 Å². The summed E-state index contributed by atoms with van der Waals surface area (Å²) in [6.07, 6.45) is 0. The Balaban J connectivity index is 0.728. The van der Waals surface area contributed by atoms with Crippen LogP contribution in [0, 0.1) is 0 Å². The summed E-state index contributed by atoms with van der Waals surface area (Å²) >= 11 is 3.66. The molecule has 0 radical (unpaired) electrons. The van der Waals surface area contributed by atoms with Crippen LogP contribution in [0.1, 0.15) is 0 Å². The minimum Gasteiger partial charge on any atom is -0.456 e. The van der Waals surface area contributed by atoms with E-state index in [1.165, 1.54) is 40.3 Å². The van der Waals surface area contributed by atoms with Crippen molar-refractivity contribution in [2.45, 2.75) is 0 Å². The predicted molar refractivity (Wildman–Crippen MR) is 397 cm³/mol. The van der Waals surface area contributed by atoms with E-state index < -0.39 is 0 Å². The smallest absolute Gasteiger partial charge is 0.159 e. The zero-order chi connectivity index (χ0) is 61.3. The van der Waals surface area contributed by atoms with Crippen molar-refractivity contribution in [3.05, 3.63) is 291 Å². The van der Waals surface area contributed by atoms with Crippen LogP contribution in [-0.2, 0) is 0 Å². The SMILES string of the molecule is c1ccc(-c2ccc3sc4ccccc4c3c2N(c2ccc3cc4c(cc3c2)oc2cc3oc5cc6cc(N(c7cccc8c7oc7ccccc78)c7c(-c8ccccc8)ccc8sc9ccccc9c78)ccc6cc5c3cc24)c2cccc3c2oc2ccccc23)cc1. The monoisotopic (exact) mass is 1240 g/mol. The predicted octanol–water partition coefficient (Wildman–Crippen LogP) is 26.6. The van der Waals surface area contributed by atoms with Crippen molar-refractivity contribution in [2.75, 3.05) is 9.80 Å². The Bertz CT molecular complexity index is 6360. The first-order valence-electron chi connectivity index (χ1n) is 31.7. The molecule has 6 heterocycles. The molecule has 0 spiro atoms. The van der Waals surface area contributed by atoms with Crippen molar-refractivity contribution >= 4 is 206 Å². The van der Waals surface area contributed by atoms with Gasteiger partial charge in [-0.2, -0.15) is 0 Å². The molecule has 8 heteroatoms. The lowest BCUT2D eigenvalue weighted by Gasteiger charge is -2.29. The normalized spacial score (nSPS) is 12.3. The highest BCUT2D eigenvalue weighted by atomic mass is 32.1. The third-order valence-electron chi connectivity index (χ3n) is 19.4. The molecule has 0 unspecified atom stereocenters. The molecule has 21 rings (SSSR count). The van der Waals surface area contributed by atoms with Gasteiger partial charge in [0.05, 0.1) is 22.7 Å². The van der Waals surface area contributed by atoms with Gasteiger partial charge in [0.2, 0.25) is 0 Å². The number of furan rings is 4. The molecule has 0 N–H and O–H groups in total. The second kappa shape index (κ2) is 19.8. The van der Waals surface area contributed by atoms with Crippen molar-refractivity contribution in [3.8, 4) is 22.3 Å². The third-order valence-corrected chi connectivity index (χ3v) is 21.6. The van der Waals surface area contributed by atoms with E-state index in [0.29, 0.717) is 0 Å². The van der Waals surface area contributed by atoms with Crippen LogP contribution in [0.25, 0.3) is 172 Å². The molecule has 0 aliphatic carbocycles. The summed E-state index contributed by atoms with van der Waals surface area (Å²) in [5.74, 6) is 0. The Morgan fingerprint density at radius 1 is 0.234 bits per heavy atom. The van der Waals surface area contributed by atoms with Crippen LogP contribution in [0.4, 0.5) is 34.1 Å². The highest BCUT2D eigenvalue weighted by molar-refractivity contribution is 7.26. The maximum absolute atomic E-state index is 6.94. The van der Waals surface area contributed by atoms with Crippen LogP contribution in [0.2, 0.25) is 0 Å².